The van der Waals surface area contributed by atoms with Gasteiger partial charge in [0.25, 0.3) is 5.91 Å². The van der Waals surface area contributed by atoms with E-state index in [0.29, 0.717) is 17.8 Å². The fourth-order valence-corrected chi connectivity index (χ4v) is 2.71. The number of aryl methyl sites for hydroxylation is 1. The molecule has 0 spiro atoms. The fourth-order valence-electron chi connectivity index (χ4n) is 2.71. The summed E-state index contributed by atoms with van der Waals surface area (Å²) in [6.07, 6.45) is 0.920. The number of carbonyl (C=O) groups excluding carboxylic acids is 1. The average Bonchev–Trinajstić information content (AvgIpc) is 2.48. The molecule has 1 amide bonds. The van der Waals surface area contributed by atoms with Gasteiger partial charge in [0.05, 0.1) is 0 Å². The van der Waals surface area contributed by atoms with Crippen LogP contribution in [0.4, 0.5) is 5.69 Å². The van der Waals surface area contributed by atoms with Crippen molar-refractivity contribution in [1.82, 2.24) is 4.90 Å². The van der Waals surface area contributed by atoms with E-state index in [4.69, 9.17) is 5.73 Å². The molecule has 0 fully saturated rings. The Kier molecular flexibility index (Phi) is 3.18. The minimum Gasteiger partial charge on any atom is -0.399 e. The molecule has 1 aliphatic rings. The number of nitrogen functional groups attached to an aromatic ring is 1. The van der Waals surface area contributed by atoms with Gasteiger partial charge in [0.15, 0.2) is 0 Å². The zero-order chi connectivity index (χ0) is 14.1. The van der Waals surface area contributed by atoms with Crippen molar-refractivity contribution < 1.29 is 4.79 Å². The molecule has 3 heteroatoms. The van der Waals surface area contributed by atoms with Gasteiger partial charge in [-0.15, -0.1) is 0 Å². The molecule has 0 aliphatic carbocycles. The molecule has 0 saturated carbocycles. The number of amides is 1. The summed E-state index contributed by atoms with van der Waals surface area (Å²) in [5.74, 6) is 0.0734. The molecule has 1 heterocycles. The van der Waals surface area contributed by atoms with E-state index in [0.717, 1.165) is 18.5 Å². The third kappa shape index (κ3) is 2.27. The van der Waals surface area contributed by atoms with Gasteiger partial charge in [0, 0.05) is 24.3 Å². The molecule has 0 unspecified atom stereocenters. The summed E-state index contributed by atoms with van der Waals surface area (Å²) < 4.78 is 0. The van der Waals surface area contributed by atoms with E-state index in [1.165, 1.54) is 11.1 Å². The summed E-state index contributed by atoms with van der Waals surface area (Å²) in [5.41, 5.74) is 10.7. The number of carbonyl (C=O) groups is 1. The molecule has 0 aromatic heterocycles. The smallest absolute Gasteiger partial charge is 0.254 e. The first-order chi connectivity index (χ1) is 9.65. The highest BCUT2D eigenvalue weighted by atomic mass is 16.2. The van der Waals surface area contributed by atoms with Gasteiger partial charge in [0.1, 0.15) is 0 Å². The van der Waals surface area contributed by atoms with E-state index in [-0.39, 0.29) is 5.91 Å². The topological polar surface area (TPSA) is 46.3 Å². The number of nitrogens with two attached hydrogens (primary N) is 1. The average molecular weight is 266 g/mol. The molecule has 0 radical (unpaired) electrons. The number of fused-ring (bicyclic) bond motifs is 1. The Labute approximate surface area is 119 Å². The molecule has 3 nitrogen and oxygen atoms in total. The summed E-state index contributed by atoms with van der Waals surface area (Å²) in [5, 5.41) is 0. The van der Waals surface area contributed by atoms with Crippen molar-refractivity contribution >= 4 is 11.6 Å². The molecule has 2 N–H and O–H groups in total. The van der Waals surface area contributed by atoms with Crippen LogP contribution in [0, 0.1) is 6.92 Å². The summed E-state index contributed by atoms with van der Waals surface area (Å²) in [6.45, 7) is 3.40. The van der Waals surface area contributed by atoms with E-state index in [1.54, 1.807) is 6.07 Å². The molecular weight excluding hydrogens is 248 g/mol. The molecule has 0 bridgehead atoms. The molecule has 102 valence electrons. The number of hydrogen-bond acceptors (Lipinski definition) is 2. The maximum absolute atomic E-state index is 12.7. The highest BCUT2D eigenvalue weighted by Crippen LogP contribution is 2.22. The van der Waals surface area contributed by atoms with Crippen LogP contribution in [0.25, 0.3) is 0 Å². The molecule has 0 atom stereocenters. The van der Waals surface area contributed by atoms with Crippen LogP contribution in [0.3, 0.4) is 0 Å². The van der Waals surface area contributed by atoms with Gasteiger partial charge in [0.2, 0.25) is 0 Å². The Morgan fingerprint density at radius 1 is 1.15 bits per heavy atom. The van der Waals surface area contributed by atoms with E-state index in [2.05, 4.69) is 18.2 Å². The van der Waals surface area contributed by atoms with Crippen molar-refractivity contribution in [1.29, 1.82) is 0 Å². The van der Waals surface area contributed by atoms with Crippen LogP contribution in [-0.4, -0.2) is 17.4 Å². The Hall–Kier alpha value is -2.29. The summed E-state index contributed by atoms with van der Waals surface area (Å²) >= 11 is 0. The lowest BCUT2D eigenvalue weighted by Crippen LogP contribution is -2.36. The summed E-state index contributed by atoms with van der Waals surface area (Å²) in [6, 6.07) is 13.8. The number of nitrogens with zero attached hydrogens (tertiary/aromatic N) is 1. The van der Waals surface area contributed by atoms with E-state index >= 15 is 0 Å². The van der Waals surface area contributed by atoms with Crippen molar-refractivity contribution in [3.05, 3.63) is 64.7 Å². The molecule has 20 heavy (non-hydrogen) atoms. The molecule has 1 aliphatic heterocycles. The Morgan fingerprint density at radius 2 is 1.90 bits per heavy atom. The first-order valence-corrected chi connectivity index (χ1v) is 6.87. The van der Waals surface area contributed by atoms with Crippen LogP contribution in [0.5, 0.6) is 0 Å². The third-order valence-electron chi connectivity index (χ3n) is 3.91. The molecule has 2 aromatic carbocycles. The third-order valence-corrected chi connectivity index (χ3v) is 3.91. The normalized spacial score (nSPS) is 13.9. The number of rotatable bonds is 1. The summed E-state index contributed by atoms with van der Waals surface area (Å²) in [4.78, 5) is 14.6. The minimum atomic E-state index is 0.0734. The maximum Gasteiger partial charge on any atom is 0.254 e. The van der Waals surface area contributed by atoms with Crippen LogP contribution >= 0.6 is 0 Å². The largest absolute Gasteiger partial charge is 0.399 e. The lowest BCUT2D eigenvalue weighted by atomic mass is 9.98. The lowest BCUT2D eigenvalue weighted by molar-refractivity contribution is 0.0734. The standard InChI is InChI=1S/C17H18N2O/c1-12-6-7-15(18)10-16(12)17(20)19-9-8-13-4-2-3-5-14(13)11-19/h2-7,10H,8-9,11,18H2,1H3. The highest BCUT2D eigenvalue weighted by Gasteiger charge is 2.22. The van der Waals surface area contributed by atoms with Crippen LogP contribution in [0.2, 0.25) is 0 Å². The SMILES string of the molecule is Cc1ccc(N)cc1C(=O)N1CCc2ccccc2C1. The van der Waals surface area contributed by atoms with Crippen molar-refractivity contribution in [3.8, 4) is 0 Å². The number of benzene rings is 2. The van der Waals surface area contributed by atoms with Crippen molar-refractivity contribution in [2.24, 2.45) is 0 Å². The maximum atomic E-state index is 12.7. The second kappa shape index (κ2) is 5.00. The Morgan fingerprint density at radius 3 is 2.70 bits per heavy atom. The van der Waals surface area contributed by atoms with Crippen LogP contribution in [-0.2, 0) is 13.0 Å². The summed E-state index contributed by atoms with van der Waals surface area (Å²) in [7, 11) is 0. The zero-order valence-electron chi connectivity index (χ0n) is 11.6. The molecule has 3 rings (SSSR count). The highest BCUT2D eigenvalue weighted by molar-refractivity contribution is 5.96. The van der Waals surface area contributed by atoms with Crippen molar-refractivity contribution in [2.75, 3.05) is 12.3 Å². The first kappa shape index (κ1) is 12.7. The Balaban J connectivity index is 1.88. The predicted molar refractivity (Wildman–Crippen MR) is 80.5 cm³/mol. The minimum absolute atomic E-state index is 0.0734. The van der Waals surface area contributed by atoms with Crippen molar-refractivity contribution in [2.45, 2.75) is 19.9 Å². The zero-order valence-corrected chi connectivity index (χ0v) is 11.6. The predicted octanol–water partition coefficient (Wildman–Crippen LogP) is 2.78. The number of hydrogen-bond donors (Lipinski definition) is 1. The lowest BCUT2D eigenvalue weighted by Gasteiger charge is -2.29. The van der Waals surface area contributed by atoms with Crippen LogP contribution in [0.1, 0.15) is 27.0 Å². The molecular formula is C17H18N2O. The number of anilines is 1. The van der Waals surface area contributed by atoms with Gasteiger partial charge in [-0.05, 0) is 42.2 Å². The second-order valence-electron chi connectivity index (χ2n) is 5.32. The van der Waals surface area contributed by atoms with Gasteiger partial charge in [-0.25, -0.2) is 0 Å². The quantitative estimate of drug-likeness (QED) is 0.807. The van der Waals surface area contributed by atoms with E-state index < -0.39 is 0 Å². The van der Waals surface area contributed by atoms with Gasteiger partial charge in [-0.3, -0.25) is 4.79 Å². The van der Waals surface area contributed by atoms with Gasteiger partial charge < -0.3 is 10.6 Å². The Bertz CT molecular complexity index is 664. The fraction of sp³-hybridized carbons (Fsp3) is 0.235. The van der Waals surface area contributed by atoms with E-state index in [9.17, 15) is 4.79 Å². The first-order valence-electron chi connectivity index (χ1n) is 6.87. The van der Waals surface area contributed by atoms with E-state index in [1.807, 2.05) is 30.0 Å². The van der Waals surface area contributed by atoms with Gasteiger partial charge in [-0.2, -0.15) is 0 Å². The van der Waals surface area contributed by atoms with Crippen LogP contribution < -0.4 is 5.73 Å². The monoisotopic (exact) mass is 266 g/mol. The van der Waals surface area contributed by atoms with Crippen molar-refractivity contribution in [3.63, 3.8) is 0 Å². The second-order valence-corrected chi connectivity index (χ2v) is 5.32. The van der Waals surface area contributed by atoms with Gasteiger partial charge in [-0.1, -0.05) is 30.3 Å². The van der Waals surface area contributed by atoms with Gasteiger partial charge >= 0.3 is 0 Å². The van der Waals surface area contributed by atoms with Crippen LogP contribution in [0.15, 0.2) is 42.5 Å². The molecule has 2 aromatic rings. The molecule has 0 saturated heterocycles.